The van der Waals surface area contributed by atoms with Gasteiger partial charge < -0.3 is 0 Å². The van der Waals surface area contributed by atoms with Crippen molar-refractivity contribution in [2.75, 3.05) is 0 Å². The van der Waals surface area contributed by atoms with Crippen molar-refractivity contribution in [3.8, 4) is 0 Å². The molecule has 2 unspecified atom stereocenters. The maximum atomic E-state index is 13.3. The highest BCUT2D eigenvalue weighted by Gasteiger charge is 2.50. The van der Waals surface area contributed by atoms with Gasteiger partial charge in [0.2, 0.25) is 11.3 Å². The van der Waals surface area contributed by atoms with Crippen LogP contribution in [0.2, 0.25) is 0 Å². The lowest BCUT2D eigenvalue weighted by Crippen LogP contribution is -2.44. The van der Waals surface area contributed by atoms with Crippen molar-refractivity contribution in [3.63, 3.8) is 0 Å². The number of benzene rings is 4. The van der Waals surface area contributed by atoms with Crippen LogP contribution in [0.25, 0.3) is 21.5 Å². The van der Waals surface area contributed by atoms with Crippen molar-refractivity contribution in [2.45, 2.75) is 11.3 Å². The van der Waals surface area contributed by atoms with Crippen LogP contribution in [0.4, 0.5) is 0 Å². The second-order valence-electron chi connectivity index (χ2n) is 7.23. The molecule has 0 amide bonds. The van der Waals surface area contributed by atoms with Gasteiger partial charge in [0.05, 0.1) is 6.04 Å². The van der Waals surface area contributed by atoms with Crippen molar-refractivity contribution in [1.29, 1.82) is 0 Å². The van der Waals surface area contributed by atoms with Gasteiger partial charge in [0.1, 0.15) is 16.2 Å². The highest BCUT2D eigenvalue weighted by atomic mass is 32.3. The molecular formula is C22H15NO3S2. The van der Waals surface area contributed by atoms with E-state index in [9.17, 15) is 13.0 Å². The van der Waals surface area contributed by atoms with Crippen LogP contribution in [0.5, 0.6) is 0 Å². The molecule has 4 nitrogen and oxygen atoms in total. The van der Waals surface area contributed by atoms with Gasteiger partial charge in [0.25, 0.3) is 0 Å². The minimum atomic E-state index is -2.33. The van der Waals surface area contributed by atoms with E-state index in [1.54, 1.807) is 0 Å². The number of nitrogens with zero attached hydrogens (tertiary/aromatic N) is 1. The molecule has 0 radical (unpaired) electrons. The highest BCUT2D eigenvalue weighted by molar-refractivity contribution is 7.95. The largest absolute Gasteiger partial charge is 0.293 e. The summed E-state index contributed by atoms with van der Waals surface area (Å²) in [5.41, 5.74) is 3.92. The molecular weight excluding hydrogens is 390 g/mol. The minimum absolute atomic E-state index is 0.444. The van der Waals surface area contributed by atoms with Crippen LogP contribution < -0.4 is 0 Å². The minimum Gasteiger partial charge on any atom is -0.293 e. The molecule has 2 atom stereocenters. The molecule has 4 aromatic rings. The second-order valence-corrected chi connectivity index (χ2v) is 9.73. The summed E-state index contributed by atoms with van der Waals surface area (Å²) < 4.78 is 36.6. The third kappa shape index (κ3) is 2.11. The molecule has 7 rings (SSSR count). The molecule has 4 aromatic carbocycles. The summed E-state index contributed by atoms with van der Waals surface area (Å²) >= 11 is -2.33. The molecule has 2 bridgehead atoms. The first kappa shape index (κ1) is 16.6. The molecule has 0 saturated heterocycles. The van der Waals surface area contributed by atoms with E-state index in [0.29, 0.717) is 0 Å². The van der Waals surface area contributed by atoms with Crippen LogP contribution >= 0.6 is 0 Å². The van der Waals surface area contributed by atoms with Crippen molar-refractivity contribution < 1.29 is 13.0 Å². The lowest BCUT2D eigenvalue weighted by molar-refractivity contribution is 0.449. The van der Waals surface area contributed by atoms with Gasteiger partial charge in [-0.25, -0.2) is 8.42 Å². The topological polar surface area (TPSA) is 57.6 Å². The zero-order chi connectivity index (χ0) is 19.0. The van der Waals surface area contributed by atoms with E-state index in [4.69, 9.17) is 0 Å². The predicted molar refractivity (Wildman–Crippen MR) is 112 cm³/mol. The van der Waals surface area contributed by atoms with E-state index in [1.807, 2.05) is 48.5 Å². The third-order valence-electron chi connectivity index (χ3n) is 5.80. The van der Waals surface area contributed by atoms with Crippen LogP contribution in [0.1, 0.15) is 33.5 Å². The average Bonchev–Trinajstić information content (AvgIpc) is 2.70. The lowest BCUT2D eigenvalue weighted by atomic mass is 9.80. The van der Waals surface area contributed by atoms with Gasteiger partial charge in [0.15, 0.2) is 0 Å². The number of fused-ring (bicyclic) bond motifs is 3. The predicted octanol–water partition coefficient (Wildman–Crippen LogP) is 4.60. The molecule has 28 heavy (non-hydrogen) atoms. The van der Waals surface area contributed by atoms with E-state index in [1.165, 1.54) is 3.71 Å². The summed E-state index contributed by atoms with van der Waals surface area (Å²) in [6.07, 6.45) is 0. The Morgan fingerprint density at radius 2 is 1.14 bits per heavy atom. The lowest BCUT2D eigenvalue weighted by Gasteiger charge is -2.44. The van der Waals surface area contributed by atoms with Crippen molar-refractivity contribution in [1.82, 2.24) is 3.71 Å². The van der Waals surface area contributed by atoms with Gasteiger partial charge in [-0.3, -0.25) is 4.55 Å². The molecule has 3 aliphatic rings. The summed E-state index contributed by atoms with van der Waals surface area (Å²) in [5.74, 6) is 0. The summed E-state index contributed by atoms with van der Waals surface area (Å²) in [4.78, 5) is 0. The van der Waals surface area contributed by atoms with Gasteiger partial charge >= 0.3 is 0 Å². The molecule has 0 fully saturated rings. The van der Waals surface area contributed by atoms with Crippen LogP contribution in [0.15, 0.2) is 72.8 Å². The fraction of sp³-hybridized carbons (Fsp3) is 0.0909. The maximum Gasteiger partial charge on any atom is 0.247 e. The first-order valence-electron chi connectivity index (χ1n) is 8.99. The Hall–Kier alpha value is -2.38. The standard InChI is InChI=1S/C22H15NO3S2/c24-27-22-19-11-15-7-3-1-5-13(15)9-17(19)21(23(27)28(25)26)18-10-14-6-2-4-8-16(14)12-20(18)22/h1-12,21-22H,(H,25,26). The summed E-state index contributed by atoms with van der Waals surface area (Å²) in [7, 11) is -1.62. The van der Waals surface area contributed by atoms with Gasteiger partial charge in [0, 0.05) is 0 Å². The van der Waals surface area contributed by atoms with E-state index in [-0.39, 0.29) is 0 Å². The zero-order valence-electron chi connectivity index (χ0n) is 14.6. The Kier molecular flexibility index (Phi) is 3.44. The highest BCUT2D eigenvalue weighted by Crippen LogP contribution is 2.54. The van der Waals surface area contributed by atoms with Gasteiger partial charge in [-0.1, -0.05) is 48.5 Å². The van der Waals surface area contributed by atoms with Gasteiger partial charge in [-0.2, -0.15) is 0 Å². The summed E-state index contributed by atoms with van der Waals surface area (Å²) in [6, 6.07) is 24.0. The molecule has 1 N–H and O–H groups in total. The smallest absolute Gasteiger partial charge is 0.247 e. The molecule has 2 aliphatic heterocycles. The molecule has 0 aromatic heterocycles. The Labute approximate surface area is 166 Å². The molecule has 2 heterocycles. The van der Waals surface area contributed by atoms with E-state index >= 15 is 0 Å². The fourth-order valence-corrected chi connectivity index (χ4v) is 7.27. The van der Waals surface area contributed by atoms with E-state index in [0.717, 1.165) is 43.8 Å². The average molecular weight is 406 g/mol. The molecule has 138 valence electrons. The van der Waals surface area contributed by atoms with Gasteiger partial charge in [-0.15, -0.1) is 3.71 Å². The first-order chi connectivity index (χ1) is 13.6. The van der Waals surface area contributed by atoms with Crippen LogP contribution in [0, 0.1) is 0 Å². The molecule has 6 heteroatoms. The third-order valence-corrected chi connectivity index (χ3v) is 8.62. The fourth-order valence-electron chi connectivity index (χ4n) is 4.62. The Bertz CT molecular complexity index is 1260. The number of rotatable bonds is 1. The van der Waals surface area contributed by atoms with Crippen molar-refractivity contribution in [2.24, 2.45) is 0 Å². The van der Waals surface area contributed by atoms with Crippen molar-refractivity contribution in [3.05, 3.63) is 95.1 Å². The van der Waals surface area contributed by atoms with Gasteiger partial charge in [-0.05, 0) is 68.1 Å². The number of hydrogen-bond acceptors (Lipinski definition) is 2. The van der Waals surface area contributed by atoms with Crippen LogP contribution in [-0.4, -0.2) is 16.7 Å². The monoisotopic (exact) mass is 405 g/mol. The number of hydrogen-bond donors (Lipinski definition) is 1. The first-order valence-corrected chi connectivity index (χ1v) is 11.2. The Morgan fingerprint density at radius 1 is 0.750 bits per heavy atom. The summed E-state index contributed by atoms with van der Waals surface area (Å²) in [5, 5.41) is 3.88. The summed E-state index contributed by atoms with van der Waals surface area (Å²) in [6.45, 7) is 0. The van der Waals surface area contributed by atoms with E-state index in [2.05, 4.69) is 24.3 Å². The normalized spacial score (nSPS) is 24.2. The zero-order valence-corrected chi connectivity index (χ0v) is 16.2. The molecule has 1 aliphatic carbocycles. The van der Waals surface area contributed by atoms with Crippen molar-refractivity contribution >= 4 is 43.8 Å². The second kappa shape index (κ2) is 5.81. The Balaban J connectivity index is 1.73. The van der Waals surface area contributed by atoms with E-state index < -0.39 is 33.5 Å². The Morgan fingerprint density at radius 3 is 1.54 bits per heavy atom. The molecule has 0 spiro atoms. The SMILES string of the molecule is O=S(O)N1C2c3cc4ccccc4cc3C(c3cc4ccccc4cc32)S1=O. The quantitative estimate of drug-likeness (QED) is 0.471. The van der Waals surface area contributed by atoms with Crippen LogP contribution in [-0.2, 0) is 22.3 Å². The van der Waals surface area contributed by atoms with Crippen LogP contribution in [0.3, 0.4) is 0 Å². The molecule has 0 saturated carbocycles. The maximum absolute atomic E-state index is 13.3.